The molecular weight excluding hydrogens is 400 g/mol. The molecule has 29 heavy (non-hydrogen) atoms. The molecule has 8 heteroatoms. The van der Waals surface area contributed by atoms with Crippen LogP contribution >= 0.6 is 11.6 Å². The predicted octanol–water partition coefficient (Wildman–Crippen LogP) is 5.15. The van der Waals surface area contributed by atoms with Crippen LogP contribution in [-0.4, -0.2) is 22.3 Å². The Bertz CT molecular complexity index is 1000. The molecule has 150 valence electrons. The maximum Gasteiger partial charge on any atom is 0.387 e. The number of carbonyl (C=O) groups is 1. The average molecular weight is 418 g/mol. The van der Waals surface area contributed by atoms with Gasteiger partial charge in [0.05, 0.1) is 12.2 Å². The van der Waals surface area contributed by atoms with Gasteiger partial charge in [-0.05, 0) is 42.8 Å². The van der Waals surface area contributed by atoms with E-state index in [-0.39, 0.29) is 11.7 Å². The molecule has 3 rings (SSSR count). The lowest BCUT2D eigenvalue weighted by Crippen LogP contribution is -2.08. The lowest BCUT2D eigenvalue weighted by Gasteiger charge is -2.06. The molecule has 0 unspecified atom stereocenters. The van der Waals surface area contributed by atoms with E-state index in [1.165, 1.54) is 30.3 Å². The first-order valence-corrected chi connectivity index (χ1v) is 9.11. The Morgan fingerprint density at radius 2 is 1.90 bits per heavy atom. The summed E-state index contributed by atoms with van der Waals surface area (Å²) in [5.41, 5.74) is 2.86. The molecular formula is C21H18ClF2N3O2. The van der Waals surface area contributed by atoms with Gasteiger partial charge in [0.2, 0.25) is 5.91 Å². The molecule has 0 spiro atoms. The highest BCUT2D eigenvalue weighted by Gasteiger charge is 2.12. The minimum Gasteiger partial charge on any atom is -0.435 e. The monoisotopic (exact) mass is 417 g/mol. The van der Waals surface area contributed by atoms with Crippen molar-refractivity contribution in [2.45, 2.75) is 20.1 Å². The molecule has 0 saturated carbocycles. The fraction of sp³-hybridized carbons (Fsp3) is 0.143. The van der Waals surface area contributed by atoms with Crippen molar-refractivity contribution in [3.63, 3.8) is 0 Å². The second-order valence-electron chi connectivity index (χ2n) is 6.16. The number of hydrogen-bond donors (Lipinski definition) is 1. The Labute approximate surface area is 171 Å². The number of alkyl halides is 2. The normalized spacial score (nSPS) is 11.2. The van der Waals surface area contributed by atoms with Gasteiger partial charge >= 0.3 is 6.61 Å². The van der Waals surface area contributed by atoms with Gasteiger partial charge in [0.25, 0.3) is 0 Å². The van der Waals surface area contributed by atoms with Gasteiger partial charge in [-0.3, -0.25) is 4.79 Å². The van der Waals surface area contributed by atoms with Crippen molar-refractivity contribution in [2.75, 3.05) is 5.32 Å². The molecule has 1 heterocycles. The summed E-state index contributed by atoms with van der Waals surface area (Å²) >= 11 is 6.42. The van der Waals surface area contributed by atoms with Gasteiger partial charge in [0.1, 0.15) is 10.9 Å². The van der Waals surface area contributed by atoms with Gasteiger partial charge in [-0.2, -0.15) is 13.9 Å². The lowest BCUT2D eigenvalue weighted by atomic mass is 10.2. The van der Waals surface area contributed by atoms with Crippen LogP contribution in [0.5, 0.6) is 5.75 Å². The number of benzene rings is 2. The highest BCUT2D eigenvalue weighted by Crippen LogP contribution is 2.23. The molecule has 3 aromatic rings. The van der Waals surface area contributed by atoms with Crippen molar-refractivity contribution in [3.8, 4) is 5.75 Å². The number of aryl methyl sites for hydroxylation is 1. The van der Waals surface area contributed by atoms with E-state index in [1.54, 1.807) is 10.8 Å². The zero-order valence-electron chi connectivity index (χ0n) is 15.5. The Balaban J connectivity index is 1.65. The smallest absolute Gasteiger partial charge is 0.387 e. The van der Waals surface area contributed by atoms with Gasteiger partial charge in [-0.25, -0.2) is 4.68 Å². The van der Waals surface area contributed by atoms with E-state index in [1.807, 2.05) is 37.3 Å². The molecule has 0 saturated heterocycles. The number of halogens is 3. The van der Waals surface area contributed by atoms with Crippen LogP contribution in [0.2, 0.25) is 5.15 Å². The third-order valence-electron chi connectivity index (χ3n) is 4.03. The van der Waals surface area contributed by atoms with Crippen LogP contribution < -0.4 is 10.1 Å². The second kappa shape index (κ2) is 9.34. The first-order chi connectivity index (χ1) is 13.9. The number of anilines is 1. The van der Waals surface area contributed by atoms with E-state index in [9.17, 15) is 13.6 Å². The highest BCUT2D eigenvalue weighted by molar-refractivity contribution is 6.31. The molecule has 2 aromatic carbocycles. The molecule has 0 aliphatic rings. The summed E-state index contributed by atoms with van der Waals surface area (Å²) < 4.78 is 30.3. The number of hydrogen-bond acceptors (Lipinski definition) is 3. The van der Waals surface area contributed by atoms with Crippen molar-refractivity contribution in [1.82, 2.24) is 9.78 Å². The summed E-state index contributed by atoms with van der Waals surface area (Å²) in [6.45, 7) is -0.561. The molecule has 0 bridgehead atoms. The first kappa shape index (κ1) is 20.5. The maximum absolute atomic E-state index is 12.2. The van der Waals surface area contributed by atoms with Crippen LogP contribution in [0.4, 0.5) is 14.5 Å². The van der Waals surface area contributed by atoms with E-state index in [0.717, 1.165) is 5.56 Å². The van der Waals surface area contributed by atoms with Crippen LogP contribution in [0.15, 0.2) is 60.7 Å². The number of nitrogens with one attached hydrogen (secondary N) is 1. The van der Waals surface area contributed by atoms with Gasteiger partial charge < -0.3 is 10.1 Å². The van der Waals surface area contributed by atoms with E-state index in [4.69, 9.17) is 11.6 Å². The zero-order chi connectivity index (χ0) is 20.8. The highest BCUT2D eigenvalue weighted by atomic mass is 35.5. The van der Waals surface area contributed by atoms with Crippen LogP contribution in [0, 0.1) is 6.92 Å². The molecule has 0 fully saturated rings. The molecule has 1 N–H and O–H groups in total. The summed E-state index contributed by atoms with van der Waals surface area (Å²) in [4.78, 5) is 12.1. The van der Waals surface area contributed by atoms with Gasteiger partial charge in [0, 0.05) is 17.3 Å². The standard InChI is InChI=1S/C21H18ClF2N3O2/c1-14-18(20(22)27(26-14)13-15-5-3-2-4-6-15)11-12-19(28)25-16-7-9-17(10-8-16)29-21(23)24/h2-12,21H,13H2,1H3,(H,25,28)/b12-11+. The summed E-state index contributed by atoms with van der Waals surface area (Å²) in [6.07, 6.45) is 2.93. The summed E-state index contributed by atoms with van der Waals surface area (Å²) in [5, 5.41) is 7.50. The van der Waals surface area contributed by atoms with Gasteiger partial charge in [-0.1, -0.05) is 41.9 Å². The fourth-order valence-electron chi connectivity index (χ4n) is 2.68. The Kier molecular flexibility index (Phi) is 6.61. The van der Waals surface area contributed by atoms with E-state index in [2.05, 4.69) is 15.2 Å². The first-order valence-electron chi connectivity index (χ1n) is 8.73. The second-order valence-corrected chi connectivity index (χ2v) is 6.52. The summed E-state index contributed by atoms with van der Waals surface area (Å²) in [7, 11) is 0. The van der Waals surface area contributed by atoms with E-state index in [0.29, 0.717) is 28.6 Å². The van der Waals surface area contributed by atoms with Crippen molar-refractivity contribution in [3.05, 3.63) is 82.6 Å². The number of amides is 1. The maximum atomic E-state index is 12.2. The van der Waals surface area contributed by atoms with Crippen LogP contribution in [0.1, 0.15) is 16.8 Å². The average Bonchev–Trinajstić information content (AvgIpc) is 2.95. The Morgan fingerprint density at radius 3 is 2.55 bits per heavy atom. The quantitative estimate of drug-likeness (QED) is 0.541. The van der Waals surface area contributed by atoms with E-state index < -0.39 is 6.61 Å². The number of nitrogens with zero attached hydrogens (tertiary/aromatic N) is 2. The molecule has 0 aliphatic heterocycles. The molecule has 1 aromatic heterocycles. The van der Waals surface area contributed by atoms with Crippen LogP contribution in [-0.2, 0) is 11.3 Å². The molecule has 1 amide bonds. The third-order valence-corrected chi connectivity index (χ3v) is 4.43. The number of aromatic nitrogens is 2. The molecule has 0 radical (unpaired) electrons. The summed E-state index contributed by atoms with van der Waals surface area (Å²) in [5.74, 6) is -0.374. The van der Waals surface area contributed by atoms with Crippen molar-refractivity contribution in [1.29, 1.82) is 0 Å². The zero-order valence-corrected chi connectivity index (χ0v) is 16.2. The van der Waals surface area contributed by atoms with Crippen molar-refractivity contribution in [2.24, 2.45) is 0 Å². The van der Waals surface area contributed by atoms with Crippen molar-refractivity contribution >= 4 is 29.3 Å². The SMILES string of the molecule is Cc1nn(Cc2ccccc2)c(Cl)c1/C=C/C(=O)Nc1ccc(OC(F)F)cc1. The Hall–Kier alpha value is -3.19. The predicted molar refractivity (Wildman–Crippen MR) is 108 cm³/mol. The van der Waals surface area contributed by atoms with Crippen LogP contribution in [0.25, 0.3) is 6.08 Å². The minimum atomic E-state index is -2.89. The van der Waals surface area contributed by atoms with Gasteiger partial charge in [-0.15, -0.1) is 0 Å². The van der Waals surface area contributed by atoms with E-state index >= 15 is 0 Å². The van der Waals surface area contributed by atoms with Gasteiger partial charge in [0.15, 0.2) is 0 Å². The Morgan fingerprint density at radius 1 is 1.21 bits per heavy atom. The number of rotatable bonds is 7. The van der Waals surface area contributed by atoms with Crippen molar-refractivity contribution < 1.29 is 18.3 Å². The number of ether oxygens (including phenoxy) is 1. The molecule has 0 atom stereocenters. The molecule has 0 aliphatic carbocycles. The number of carbonyl (C=O) groups excluding carboxylic acids is 1. The largest absolute Gasteiger partial charge is 0.435 e. The summed E-state index contributed by atoms with van der Waals surface area (Å²) in [6, 6.07) is 15.4. The minimum absolute atomic E-state index is 0.0155. The van der Waals surface area contributed by atoms with Crippen LogP contribution in [0.3, 0.4) is 0 Å². The third kappa shape index (κ3) is 5.65. The topological polar surface area (TPSA) is 56.2 Å². The fourth-order valence-corrected chi connectivity index (χ4v) is 2.98. The molecule has 5 nitrogen and oxygen atoms in total. The lowest BCUT2D eigenvalue weighted by molar-refractivity contribution is -0.111.